The fourth-order valence-corrected chi connectivity index (χ4v) is 2.55. The molecule has 0 aliphatic carbocycles. The molecule has 0 radical (unpaired) electrons. The average molecular weight is 257 g/mol. The van der Waals surface area contributed by atoms with Crippen molar-refractivity contribution in [3.63, 3.8) is 0 Å². The van der Waals surface area contributed by atoms with Gasteiger partial charge in [0.15, 0.2) is 0 Å². The van der Waals surface area contributed by atoms with E-state index in [-0.39, 0.29) is 18.4 Å². The number of likely N-dealkylation sites (tertiary alicyclic amines) is 1. The van der Waals surface area contributed by atoms with Crippen molar-refractivity contribution >= 4 is 17.5 Å². The Kier molecular flexibility index (Phi) is 3.74. The van der Waals surface area contributed by atoms with Crippen molar-refractivity contribution in [3.05, 3.63) is 23.0 Å². The van der Waals surface area contributed by atoms with E-state index in [1.165, 1.54) is 0 Å². The molecule has 17 heavy (non-hydrogen) atoms. The van der Waals surface area contributed by atoms with Gasteiger partial charge in [0, 0.05) is 32.9 Å². The molecule has 5 heteroatoms. The number of rotatable bonds is 2. The van der Waals surface area contributed by atoms with E-state index >= 15 is 0 Å². The molecule has 2 heterocycles. The number of aryl methyl sites for hydroxylation is 1. The van der Waals surface area contributed by atoms with Gasteiger partial charge in [0.25, 0.3) is 5.91 Å². The number of hydrogen-bond acceptors (Lipinski definition) is 2. The highest BCUT2D eigenvalue weighted by Crippen LogP contribution is 2.20. The van der Waals surface area contributed by atoms with Gasteiger partial charge in [-0.15, -0.1) is 0 Å². The SMILES string of the molecule is Cn1cc(Cl)cc1C(=O)N1CCCC(CO)C1. The first-order valence-corrected chi connectivity index (χ1v) is 6.21. The van der Waals surface area contributed by atoms with Crippen LogP contribution in [0.2, 0.25) is 5.02 Å². The molecule has 0 bridgehead atoms. The molecule has 1 unspecified atom stereocenters. The van der Waals surface area contributed by atoms with Crippen molar-refractivity contribution in [1.82, 2.24) is 9.47 Å². The van der Waals surface area contributed by atoms with Gasteiger partial charge in [-0.25, -0.2) is 0 Å². The molecule has 1 aliphatic heterocycles. The molecule has 0 saturated carbocycles. The predicted molar refractivity (Wildman–Crippen MR) is 66.1 cm³/mol. The second kappa shape index (κ2) is 5.10. The molecule has 1 amide bonds. The lowest BCUT2D eigenvalue weighted by molar-refractivity contribution is 0.0611. The summed E-state index contributed by atoms with van der Waals surface area (Å²) in [5.41, 5.74) is 0.605. The zero-order valence-corrected chi connectivity index (χ0v) is 10.7. The number of carbonyl (C=O) groups is 1. The summed E-state index contributed by atoms with van der Waals surface area (Å²) < 4.78 is 1.74. The van der Waals surface area contributed by atoms with Crippen molar-refractivity contribution in [1.29, 1.82) is 0 Å². The Balaban J connectivity index is 2.12. The summed E-state index contributed by atoms with van der Waals surface area (Å²) in [6, 6.07) is 1.69. The normalized spacial score (nSPS) is 20.6. The minimum atomic E-state index is -0.00227. The van der Waals surface area contributed by atoms with Gasteiger partial charge in [-0.2, -0.15) is 0 Å². The Labute approximate surface area is 106 Å². The highest BCUT2D eigenvalue weighted by Gasteiger charge is 2.25. The van der Waals surface area contributed by atoms with Crippen LogP contribution in [0.5, 0.6) is 0 Å². The topological polar surface area (TPSA) is 45.5 Å². The third-order valence-electron chi connectivity index (χ3n) is 3.26. The van der Waals surface area contributed by atoms with E-state index < -0.39 is 0 Å². The lowest BCUT2D eigenvalue weighted by Gasteiger charge is -2.31. The molecule has 1 atom stereocenters. The van der Waals surface area contributed by atoms with Crippen molar-refractivity contribution in [2.75, 3.05) is 19.7 Å². The lowest BCUT2D eigenvalue weighted by atomic mass is 9.99. The third-order valence-corrected chi connectivity index (χ3v) is 3.46. The molecule has 1 fully saturated rings. The molecule has 94 valence electrons. The second-order valence-corrected chi connectivity index (χ2v) is 5.03. The van der Waals surface area contributed by atoms with Gasteiger partial charge >= 0.3 is 0 Å². The van der Waals surface area contributed by atoms with E-state index in [0.717, 1.165) is 19.4 Å². The summed E-state index contributed by atoms with van der Waals surface area (Å²) in [6.07, 6.45) is 3.67. The van der Waals surface area contributed by atoms with Crippen LogP contribution >= 0.6 is 11.6 Å². The van der Waals surface area contributed by atoms with Crippen LogP contribution in [-0.4, -0.2) is 40.2 Å². The predicted octanol–water partition coefficient (Wildman–Crippen LogP) is 1.52. The van der Waals surface area contributed by atoms with Crippen molar-refractivity contribution in [3.8, 4) is 0 Å². The van der Waals surface area contributed by atoms with E-state index in [0.29, 0.717) is 17.3 Å². The zero-order valence-electron chi connectivity index (χ0n) is 9.90. The molecule has 1 saturated heterocycles. The van der Waals surface area contributed by atoms with E-state index in [9.17, 15) is 4.79 Å². The lowest BCUT2D eigenvalue weighted by Crippen LogP contribution is -2.41. The van der Waals surface area contributed by atoms with Crippen LogP contribution in [0.3, 0.4) is 0 Å². The minimum absolute atomic E-state index is 0.00227. The van der Waals surface area contributed by atoms with Crippen molar-refractivity contribution in [2.45, 2.75) is 12.8 Å². The number of amides is 1. The van der Waals surface area contributed by atoms with Crippen LogP contribution in [-0.2, 0) is 7.05 Å². The molecule has 2 rings (SSSR count). The summed E-state index contributed by atoms with van der Waals surface area (Å²) in [4.78, 5) is 14.1. The molecule has 4 nitrogen and oxygen atoms in total. The van der Waals surface area contributed by atoms with Crippen LogP contribution in [0.25, 0.3) is 0 Å². The standard InChI is InChI=1S/C12H17ClN2O2/c1-14-7-10(13)5-11(14)12(17)15-4-2-3-9(6-15)8-16/h5,7,9,16H,2-4,6,8H2,1H3. The highest BCUT2D eigenvalue weighted by molar-refractivity contribution is 6.31. The molecular formula is C12H17ClN2O2. The Bertz CT molecular complexity index is 417. The van der Waals surface area contributed by atoms with Gasteiger partial charge in [0.2, 0.25) is 0 Å². The third kappa shape index (κ3) is 2.64. The van der Waals surface area contributed by atoms with E-state index in [1.807, 2.05) is 7.05 Å². The summed E-state index contributed by atoms with van der Waals surface area (Å²) in [5, 5.41) is 9.73. The first-order chi connectivity index (χ1) is 8.11. The maximum absolute atomic E-state index is 12.3. The van der Waals surface area contributed by atoms with Crippen molar-refractivity contribution < 1.29 is 9.90 Å². The van der Waals surface area contributed by atoms with E-state index in [1.54, 1.807) is 21.7 Å². The maximum atomic E-state index is 12.3. The zero-order chi connectivity index (χ0) is 12.4. The average Bonchev–Trinajstić information content (AvgIpc) is 2.67. The van der Waals surface area contributed by atoms with Crippen molar-refractivity contribution in [2.24, 2.45) is 13.0 Å². The highest BCUT2D eigenvalue weighted by atomic mass is 35.5. The molecule has 1 aromatic heterocycles. The fraction of sp³-hybridized carbons (Fsp3) is 0.583. The van der Waals surface area contributed by atoms with E-state index in [4.69, 9.17) is 16.7 Å². The minimum Gasteiger partial charge on any atom is -0.396 e. The molecule has 0 aromatic carbocycles. The van der Waals surface area contributed by atoms with Crippen LogP contribution in [0.4, 0.5) is 0 Å². The summed E-state index contributed by atoms with van der Waals surface area (Å²) in [5.74, 6) is 0.209. The molecule has 1 N–H and O–H groups in total. The van der Waals surface area contributed by atoms with Gasteiger partial charge < -0.3 is 14.6 Å². The largest absolute Gasteiger partial charge is 0.396 e. The van der Waals surface area contributed by atoms with Gasteiger partial charge in [0.1, 0.15) is 5.69 Å². The maximum Gasteiger partial charge on any atom is 0.270 e. The van der Waals surface area contributed by atoms with Crippen LogP contribution in [0, 0.1) is 5.92 Å². The Hall–Kier alpha value is -1.00. The number of aliphatic hydroxyl groups excluding tert-OH is 1. The van der Waals surface area contributed by atoms with Gasteiger partial charge in [-0.3, -0.25) is 4.79 Å². The quantitative estimate of drug-likeness (QED) is 0.872. The molecular weight excluding hydrogens is 240 g/mol. The van der Waals surface area contributed by atoms with Gasteiger partial charge in [-0.1, -0.05) is 11.6 Å². The Morgan fingerprint density at radius 1 is 1.65 bits per heavy atom. The van der Waals surface area contributed by atoms with E-state index in [2.05, 4.69) is 0 Å². The number of piperidine rings is 1. The first kappa shape index (κ1) is 12.5. The summed E-state index contributed by atoms with van der Waals surface area (Å²) >= 11 is 5.87. The number of aromatic nitrogens is 1. The Morgan fingerprint density at radius 3 is 3.00 bits per heavy atom. The number of aliphatic hydroxyl groups is 1. The second-order valence-electron chi connectivity index (χ2n) is 4.60. The van der Waals surface area contributed by atoms with Crippen LogP contribution in [0.1, 0.15) is 23.3 Å². The number of carbonyl (C=O) groups excluding carboxylic acids is 1. The smallest absolute Gasteiger partial charge is 0.270 e. The summed E-state index contributed by atoms with van der Waals surface area (Å²) in [7, 11) is 1.81. The monoisotopic (exact) mass is 256 g/mol. The number of hydrogen-bond donors (Lipinski definition) is 1. The molecule has 1 aliphatic rings. The van der Waals surface area contributed by atoms with Crippen LogP contribution in [0.15, 0.2) is 12.3 Å². The first-order valence-electron chi connectivity index (χ1n) is 5.84. The molecule has 1 aromatic rings. The number of halogens is 1. The Morgan fingerprint density at radius 2 is 2.41 bits per heavy atom. The van der Waals surface area contributed by atoms with Gasteiger partial charge in [-0.05, 0) is 24.8 Å². The van der Waals surface area contributed by atoms with Crippen LogP contribution < -0.4 is 0 Å². The fourth-order valence-electron chi connectivity index (χ4n) is 2.30. The summed E-state index contributed by atoms with van der Waals surface area (Å²) in [6.45, 7) is 1.55. The molecule has 0 spiro atoms. The number of nitrogens with zero attached hydrogens (tertiary/aromatic N) is 2. The van der Waals surface area contributed by atoms with Gasteiger partial charge in [0.05, 0.1) is 5.02 Å².